The molecule has 0 fully saturated rings. The molecule has 6 aromatic rings. The van der Waals surface area contributed by atoms with Crippen molar-refractivity contribution in [2.24, 2.45) is 0 Å². The molecule has 192 valence electrons. The number of carbonyl (C=O) groups is 1. The van der Waals surface area contributed by atoms with Gasteiger partial charge in [-0.25, -0.2) is 9.78 Å². The van der Waals surface area contributed by atoms with Crippen LogP contribution >= 0.6 is 22.9 Å². The number of anilines is 1. The normalized spacial score (nSPS) is 11.3. The summed E-state index contributed by atoms with van der Waals surface area (Å²) in [4.78, 5) is 32.2. The summed E-state index contributed by atoms with van der Waals surface area (Å²) in [6, 6.07) is 24.8. The molecule has 3 heterocycles. The van der Waals surface area contributed by atoms with E-state index in [1.165, 1.54) is 4.68 Å². The highest BCUT2D eigenvalue weighted by molar-refractivity contribution is 7.21. The van der Waals surface area contributed by atoms with E-state index in [2.05, 4.69) is 5.27 Å². The summed E-state index contributed by atoms with van der Waals surface area (Å²) in [7, 11) is 0. The molecule has 0 aliphatic carbocycles. The van der Waals surface area contributed by atoms with E-state index in [-0.39, 0.29) is 16.3 Å². The predicted octanol–water partition coefficient (Wildman–Crippen LogP) is 6.27. The van der Waals surface area contributed by atoms with Gasteiger partial charge in [0.1, 0.15) is 9.71 Å². The second-order valence-corrected chi connectivity index (χ2v) is 10.7. The molecular formula is C30H22ClN4O3S+. The van der Waals surface area contributed by atoms with E-state index < -0.39 is 11.4 Å². The highest BCUT2D eigenvalue weighted by Gasteiger charge is 2.35. The topological polar surface area (TPSA) is 106 Å². The van der Waals surface area contributed by atoms with Crippen LogP contribution in [0, 0.1) is 13.8 Å². The molecule has 0 aliphatic heterocycles. The first-order valence-corrected chi connectivity index (χ1v) is 13.3. The van der Waals surface area contributed by atoms with Crippen molar-refractivity contribution in [1.82, 2.24) is 10.3 Å². The number of nitrogens with two attached hydrogens (primary N) is 1. The van der Waals surface area contributed by atoms with Crippen LogP contribution in [0.4, 0.5) is 5.69 Å². The number of aromatic amines is 1. The van der Waals surface area contributed by atoms with Gasteiger partial charge in [-0.2, -0.15) is 0 Å². The van der Waals surface area contributed by atoms with E-state index in [4.69, 9.17) is 26.8 Å². The molecule has 3 aromatic heterocycles. The fourth-order valence-corrected chi connectivity index (χ4v) is 5.66. The third kappa shape index (κ3) is 4.43. The fraction of sp³-hybridized carbons (Fsp3) is 0.0667. The number of pyridine rings is 1. The molecule has 0 amide bonds. The zero-order chi connectivity index (χ0) is 27.3. The number of benzene rings is 3. The summed E-state index contributed by atoms with van der Waals surface area (Å²) in [5, 5.41) is 3.82. The van der Waals surface area contributed by atoms with Crippen molar-refractivity contribution in [1.29, 1.82) is 0 Å². The number of ketones is 1. The van der Waals surface area contributed by atoms with Gasteiger partial charge in [0.15, 0.2) is 0 Å². The summed E-state index contributed by atoms with van der Waals surface area (Å²) in [6.45, 7) is 3.97. The lowest BCUT2D eigenvalue weighted by molar-refractivity contribution is -0.672. The Morgan fingerprint density at radius 2 is 1.56 bits per heavy atom. The standard InChI is InChI=1S/C30H21ClN4O3S/c1-16-3-7-18(8-4-16)22-15-23(19-9-11-20(31)12-10-19)33-29-24(22)25(32)28(39-29)27(36)26-30(37)38-34-35(26)21-13-5-17(2)6-14-21/h3-15H,1-2H3,(H2-,32,34,36,37)/p+1. The Hall–Kier alpha value is -4.53. The Morgan fingerprint density at radius 1 is 0.949 bits per heavy atom. The molecule has 39 heavy (non-hydrogen) atoms. The Balaban J connectivity index is 1.56. The van der Waals surface area contributed by atoms with Crippen LogP contribution in [0.5, 0.6) is 0 Å². The molecule has 0 bridgehead atoms. The van der Waals surface area contributed by atoms with Crippen LogP contribution in [0.2, 0.25) is 5.02 Å². The summed E-state index contributed by atoms with van der Waals surface area (Å²) < 4.78 is 6.36. The first kappa shape index (κ1) is 24.8. The third-order valence-corrected chi connectivity index (χ3v) is 7.91. The SMILES string of the molecule is Cc1ccc(-c2cc(-c3ccc(Cl)cc3)nc3sc(C(=O)c4c(=O)o[nH][n+]4-c4ccc(C)cc4)c(N)c23)cc1. The quantitative estimate of drug-likeness (QED) is 0.193. The number of aryl methyl sites for hydroxylation is 2. The van der Waals surface area contributed by atoms with Gasteiger partial charge in [-0.1, -0.05) is 71.3 Å². The van der Waals surface area contributed by atoms with Crippen molar-refractivity contribution in [3.63, 3.8) is 0 Å². The maximum atomic E-state index is 13.9. The van der Waals surface area contributed by atoms with Gasteiger partial charge in [0.25, 0.3) is 5.78 Å². The monoisotopic (exact) mass is 553 g/mol. The Kier molecular flexibility index (Phi) is 6.13. The Morgan fingerprint density at radius 3 is 2.23 bits per heavy atom. The minimum absolute atomic E-state index is 0.174. The smallest absolute Gasteiger partial charge is 0.397 e. The predicted molar refractivity (Wildman–Crippen MR) is 154 cm³/mol. The third-order valence-electron chi connectivity index (χ3n) is 6.56. The van der Waals surface area contributed by atoms with E-state index in [1.807, 2.05) is 68.4 Å². The first-order valence-electron chi connectivity index (χ1n) is 12.1. The molecule has 3 aromatic carbocycles. The van der Waals surface area contributed by atoms with E-state index in [0.717, 1.165) is 39.2 Å². The lowest BCUT2D eigenvalue weighted by atomic mass is 9.98. The average Bonchev–Trinajstić information content (AvgIpc) is 3.49. The highest BCUT2D eigenvalue weighted by atomic mass is 35.5. The van der Waals surface area contributed by atoms with Gasteiger partial charge in [-0.05, 0) is 53.1 Å². The second kappa shape index (κ2) is 9.65. The van der Waals surface area contributed by atoms with Crippen LogP contribution in [0.3, 0.4) is 0 Å². The maximum absolute atomic E-state index is 13.9. The number of fused-ring (bicyclic) bond motifs is 1. The minimum atomic E-state index is -0.786. The van der Waals surface area contributed by atoms with Crippen LogP contribution in [-0.4, -0.2) is 16.0 Å². The Bertz CT molecular complexity index is 1920. The fourth-order valence-electron chi connectivity index (χ4n) is 4.47. The number of rotatable bonds is 5. The molecule has 7 nitrogen and oxygen atoms in total. The largest absolute Gasteiger partial charge is 0.439 e. The number of nitrogen functional groups attached to an aromatic ring is 1. The highest BCUT2D eigenvalue weighted by Crippen LogP contribution is 2.42. The maximum Gasteiger partial charge on any atom is 0.439 e. The van der Waals surface area contributed by atoms with E-state index in [1.54, 1.807) is 24.3 Å². The summed E-state index contributed by atoms with van der Waals surface area (Å²) in [5.41, 5.74) is 12.1. The van der Waals surface area contributed by atoms with Gasteiger partial charge in [0.05, 0.1) is 11.4 Å². The minimum Gasteiger partial charge on any atom is -0.397 e. The van der Waals surface area contributed by atoms with E-state index in [9.17, 15) is 9.59 Å². The van der Waals surface area contributed by atoms with Crippen molar-refractivity contribution >= 4 is 44.6 Å². The van der Waals surface area contributed by atoms with Crippen molar-refractivity contribution in [3.8, 4) is 28.1 Å². The average molecular weight is 554 g/mol. The van der Waals surface area contributed by atoms with Crippen molar-refractivity contribution in [2.45, 2.75) is 13.8 Å². The molecular weight excluding hydrogens is 532 g/mol. The number of aromatic nitrogens is 3. The molecule has 0 aliphatic rings. The number of H-pyrrole nitrogens is 1. The molecule has 0 saturated carbocycles. The number of hydrogen-bond donors (Lipinski definition) is 2. The van der Waals surface area contributed by atoms with Gasteiger partial charge in [0.2, 0.25) is 5.69 Å². The molecule has 3 N–H and O–H groups in total. The molecule has 0 atom stereocenters. The van der Waals surface area contributed by atoms with Crippen LogP contribution < -0.4 is 16.0 Å². The lowest BCUT2D eigenvalue weighted by Crippen LogP contribution is -2.41. The first-order chi connectivity index (χ1) is 18.8. The van der Waals surface area contributed by atoms with Crippen LogP contribution in [-0.2, 0) is 0 Å². The molecule has 0 unspecified atom stereocenters. The summed E-state index contributed by atoms with van der Waals surface area (Å²) in [6.07, 6.45) is 0. The van der Waals surface area contributed by atoms with Crippen molar-refractivity contribution < 1.29 is 14.0 Å². The van der Waals surface area contributed by atoms with E-state index >= 15 is 0 Å². The zero-order valence-corrected chi connectivity index (χ0v) is 22.6. The van der Waals surface area contributed by atoms with Crippen LogP contribution in [0.25, 0.3) is 38.3 Å². The van der Waals surface area contributed by atoms with Crippen LogP contribution in [0.1, 0.15) is 26.5 Å². The van der Waals surface area contributed by atoms with Gasteiger partial charge in [-0.3, -0.25) is 9.32 Å². The van der Waals surface area contributed by atoms with Gasteiger partial charge in [-0.15, -0.1) is 11.3 Å². The molecule has 9 heteroatoms. The second-order valence-electron chi connectivity index (χ2n) is 9.28. The number of carbonyl (C=O) groups excluding carboxylic acids is 1. The molecule has 6 rings (SSSR count). The van der Waals surface area contributed by atoms with Gasteiger partial charge < -0.3 is 5.73 Å². The lowest BCUT2D eigenvalue weighted by Gasteiger charge is -2.09. The number of nitrogens with one attached hydrogen (secondary N) is 1. The number of nitrogens with zero attached hydrogens (tertiary/aromatic N) is 2. The Labute approximate surface area is 232 Å². The van der Waals surface area contributed by atoms with Crippen molar-refractivity contribution in [3.05, 3.63) is 116 Å². The molecule has 0 radical (unpaired) electrons. The zero-order valence-electron chi connectivity index (χ0n) is 21.0. The summed E-state index contributed by atoms with van der Waals surface area (Å²) in [5.74, 6) is -0.547. The molecule has 0 spiro atoms. The van der Waals surface area contributed by atoms with E-state index in [0.29, 0.717) is 26.6 Å². The number of hydrogen-bond acceptors (Lipinski definition) is 6. The van der Waals surface area contributed by atoms with Crippen LogP contribution in [0.15, 0.2) is 88.2 Å². The number of thiophene rings is 1. The molecule has 0 saturated heterocycles. The van der Waals surface area contributed by atoms with Gasteiger partial charge >= 0.3 is 11.3 Å². The van der Waals surface area contributed by atoms with Crippen molar-refractivity contribution in [2.75, 3.05) is 5.73 Å². The number of halogens is 1. The van der Waals surface area contributed by atoms with Gasteiger partial charge in [0, 0.05) is 28.1 Å². The summed E-state index contributed by atoms with van der Waals surface area (Å²) >= 11 is 7.26.